The largest absolute Gasteiger partial charge is 0.466 e. The number of likely N-dealkylation sites (N-methyl/N-ethyl adjacent to an activating group) is 1. The summed E-state index contributed by atoms with van der Waals surface area (Å²) in [5, 5.41) is 0. The van der Waals surface area contributed by atoms with Crippen molar-refractivity contribution in [2.24, 2.45) is 0 Å². The van der Waals surface area contributed by atoms with Gasteiger partial charge in [0.15, 0.2) is 0 Å². The van der Waals surface area contributed by atoms with Crippen LogP contribution in [0.2, 0.25) is 0 Å². The molecule has 4 heteroatoms. The standard InChI is InChI=1S/C14H16FNO2/c1-16-7-6-12(14(17)18-2)13(9-16)10-4-3-5-11(15)8-10/h3-5,8H,6-7,9H2,1-2H3. The van der Waals surface area contributed by atoms with Crippen molar-refractivity contribution in [2.75, 3.05) is 27.2 Å². The first kappa shape index (κ1) is 12.8. The molecule has 96 valence electrons. The van der Waals surface area contributed by atoms with Gasteiger partial charge >= 0.3 is 5.97 Å². The number of halogens is 1. The predicted octanol–water partition coefficient (Wildman–Crippen LogP) is 2.09. The zero-order chi connectivity index (χ0) is 13.1. The molecule has 1 aliphatic heterocycles. The summed E-state index contributed by atoms with van der Waals surface area (Å²) in [5.74, 6) is -0.611. The maximum Gasteiger partial charge on any atom is 0.334 e. The number of ether oxygens (including phenoxy) is 1. The fraction of sp³-hybridized carbons (Fsp3) is 0.357. The van der Waals surface area contributed by atoms with E-state index in [0.717, 1.165) is 17.7 Å². The lowest BCUT2D eigenvalue weighted by molar-refractivity contribution is -0.136. The van der Waals surface area contributed by atoms with Gasteiger partial charge in [0.1, 0.15) is 5.82 Å². The average Bonchev–Trinajstić information content (AvgIpc) is 2.38. The van der Waals surface area contributed by atoms with E-state index in [9.17, 15) is 9.18 Å². The summed E-state index contributed by atoms with van der Waals surface area (Å²) in [6, 6.07) is 6.33. The minimum absolute atomic E-state index is 0.294. The van der Waals surface area contributed by atoms with Gasteiger partial charge in [0, 0.05) is 18.7 Å². The number of nitrogens with zero attached hydrogens (tertiary/aromatic N) is 1. The monoisotopic (exact) mass is 249 g/mol. The first-order chi connectivity index (χ1) is 8.61. The molecule has 0 amide bonds. The van der Waals surface area contributed by atoms with E-state index in [-0.39, 0.29) is 11.8 Å². The van der Waals surface area contributed by atoms with E-state index < -0.39 is 0 Å². The molecule has 0 N–H and O–H groups in total. The Morgan fingerprint density at radius 2 is 2.22 bits per heavy atom. The van der Waals surface area contributed by atoms with Crippen molar-refractivity contribution < 1.29 is 13.9 Å². The first-order valence-electron chi connectivity index (χ1n) is 5.86. The third-order valence-corrected chi connectivity index (χ3v) is 3.14. The summed E-state index contributed by atoms with van der Waals surface area (Å²) in [7, 11) is 3.35. The van der Waals surface area contributed by atoms with Crippen LogP contribution in [-0.4, -0.2) is 38.1 Å². The number of hydrogen-bond acceptors (Lipinski definition) is 3. The predicted molar refractivity (Wildman–Crippen MR) is 67.5 cm³/mol. The van der Waals surface area contributed by atoms with E-state index in [0.29, 0.717) is 18.5 Å². The smallest absolute Gasteiger partial charge is 0.334 e. The molecule has 1 aromatic carbocycles. The highest BCUT2D eigenvalue weighted by Crippen LogP contribution is 2.27. The molecule has 0 radical (unpaired) electrons. The summed E-state index contributed by atoms with van der Waals surface area (Å²) >= 11 is 0. The number of methoxy groups -OCH3 is 1. The topological polar surface area (TPSA) is 29.5 Å². The number of hydrogen-bond donors (Lipinski definition) is 0. The van der Waals surface area contributed by atoms with Crippen LogP contribution >= 0.6 is 0 Å². The molecule has 0 bridgehead atoms. The molecule has 2 rings (SSSR count). The van der Waals surface area contributed by atoms with Gasteiger partial charge in [-0.1, -0.05) is 12.1 Å². The third-order valence-electron chi connectivity index (χ3n) is 3.14. The van der Waals surface area contributed by atoms with Crippen molar-refractivity contribution in [2.45, 2.75) is 6.42 Å². The van der Waals surface area contributed by atoms with Crippen LogP contribution in [0.3, 0.4) is 0 Å². The van der Waals surface area contributed by atoms with Crippen LogP contribution in [0.25, 0.3) is 5.57 Å². The first-order valence-corrected chi connectivity index (χ1v) is 5.86. The molecule has 1 aliphatic rings. The Morgan fingerprint density at radius 1 is 1.44 bits per heavy atom. The SMILES string of the molecule is COC(=O)C1=C(c2cccc(F)c2)CN(C)CC1. The molecule has 3 nitrogen and oxygen atoms in total. The van der Waals surface area contributed by atoms with Crippen molar-refractivity contribution in [3.63, 3.8) is 0 Å². The Morgan fingerprint density at radius 3 is 2.89 bits per heavy atom. The minimum Gasteiger partial charge on any atom is -0.466 e. The Bertz CT molecular complexity index is 496. The maximum absolute atomic E-state index is 13.3. The van der Waals surface area contributed by atoms with E-state index >= 15 is 0 Å². The van der Waals surface area contributed by atoms with E-state index in [1.807, 2.05) is 13.1 Å². The molecule has 0 unspecified atom stereocenters. The van der Waals surface area contributed by atoms with E-state index in [4.69, 9.17) is 4.74 Å². The fourth-order valence-corrected chi connectivity index (χ4v) is 2.19. The van der Waals surface area contributed by atoms with Crippen LogP contribution < -0.4 is 0 Å². The number of rotatable bonds is 2. The lowest BCUT2D eigenvalue weighted by Crippen LogP contribution is -2.29. The molecule has 0 spiro atoms. The molecule has 0 saturated heterocycles. The molecular formula is C14H16FNO2. The van der Waals surface area contributed by atoms with Gasteiger partial charge in [0.25, 0.3) is 0 Å². The zero-order valence-corrected chi connectivity index (χ0v) is 10.6. The summed E-state index contributed by atoms with van der Waals surface area (Å²) < 4.78 is 18.1. The number of benzene rings is 1. The molecule has 18 heavy (non-hydrogen) atoms. The normalized spacial score (nSPS) is 16.8. The summed E-state index contributed by atoms with van der Waals surface area (Å²) in [4.78, 5) is 13.9. The summed E-state index contributed by atoms with van der Waals surface area (Å²) in [6.07, 6.45) is 0.634. The van der Waals surface area contributed by atoms with Crippen molar-refractivity contribution in [1.29, 1.82) is 0 Å². The molecule has 0 aliphatic carbocycles. The quantitative estimate of drug-likeness (QED) is 0.752. The summed E-state index contributed by atoms with van der Waals surface area (Å²) in [6.45, 7) is 1.44. The average molecular weight is 249 g/mol. The van der Waals surface area contributed by atoms with Gasteiger partial charge in [0.2, 0.25) is 0 Å². The van der Waals surface area contributed by atoms with E-state index in [2.05, 4.69) is 4.90 Å². The van der Waals surface area contributed by atoms with E-state index in [1.54, 1.807) is 6.07 Å². The van der Waals surface area contributed by atoms with Crippen LogP contribution in [0.1, 0.15) is 12.0 Å². The van der Waals surface area contributed by atoms with Crippen molar-refractivity contribution in [3.8, 4) is 0 Å². The van der Waals surface area contributed by atoms with Crippen LogP contribution in [0, 0.1) is 5.82 Å². The van der Waals surface area contributed by atoms with Gasteiger partial charge in [-0.2, -0.15) is 0 Å². The molecule has 0 aromatic heterocycles. The van der Waals surface area contributed by atoms with Crippen LogP contribution in [-0.2, 0) is 9.53 Å². The molecule has 1 aromatic rings. The van der Waals surface area contributed by atoms with Gasteiger partial charge < -0.3 is 9.64 Å². The Balaban J connectivity index is 2.46. The molecule has 0 saturated carbocycles. The second-order valence-corrected chi connectivity index (χ2v) is 4.45. The van der Waals surface area contributed by atoms with Gasteiger partial charge in [0.05, 0.1) is 7.11 Å². The molecule has 1 heterocycles. The Labute approximate surface area is 106 Å². The van der Waals surface area contributed by atoms with Gasteiger partial charge in [-0.15, -0.1) is 0 Å². The third kappa shape index (κ3) is 2.59. The molecular weight excluding hydrogens is 233 g/mol. The molecule has 0 fully saturated rings. The lowest BCUT2D eigenvalue weighted by atomic mass is 9.94. The second kappa shape index (κ2) is 5.31. The van der Waals surface area contributed by atoms with Crippen molar-refractivity contribution >= 4 is 11.5 Å². The Hall–Kier alpha value is -1.68. The fourth-order valence-electron chi connectivity index (χ4n) is 2.19. The van der Waals surface area contributed by atoms with Gasteiger partial charge in [-0.25, -0.2) is 9.18 Å². The van der Waals surface area contributed by atoms with Gasteiger partial charge in [-0.3, -0.25) is 0 Å². The molecule has 0 atom stereocenters. The second-order valence-electron chi connectivity index (χ2n) is 4.45. The number of esters is 1. The van der Waals surface area contributed by atoms with Crippen LogP contribution in [0.4, 0.5) is 4.39 Å². The number of carbonyl (C=O) groups excluding carboxylic acids is 1. The van der Waals surface area contributed by atoms with Crippen molar-refractivity contribution in [3.05, 3.63) is 41.2 Å². The zero-order valence-electron chi connectivity index (χ0n) is 10.6. The minimum atomic E-state index is -0.317. The lowest BCUT2D eigenvalue weighted by Gasteiger charge is -2.27. The van der Waals surface area contributed by atoms with E-state index in [1.165, 1.54) is 19.2 Å². The highest BCUT2D eigenvalue weighted by molar-refractivity contribution is 5.98. The summed E-state index contributed by atoms with van der Waals surface area (Å²) in [5.41, 5.74) is 2.26. The highest BCUT2D eigenvalue weighted by Gasteiger charge is 2.23. The maximum atomic E-state index is 13.3. The van der Waals surface area contributed by atoms with Gasteiger partial charge in [-0.05, 0) is 36.7 Å². The Kier molecular flexibility index (Phi) is 3.77. The van der Waals surface area contributed by atoms with Crippen molar-refractivity contribution in [1.82, 2.24) is 4.90 Å². The van der Waals surface area contributed by atoms with Crippen LogP contribution in [0.5, 0.6) is 0 Å². The highest BCUT2D eigenvalue weighted by atomic mass is 19.1. The number of carbonyl (C=O) groups is 1. The van der Waals surface area contributed by atoms with Crippen LogP contribution in [0.15, 0.2) is 29.8 Å².